The van der Waals surface area contributed by atoms with Crippen molar-refractivity contribution in [2.75, 3.05) is 23.3 Å². The van der Waals surface area contributed by atoms with Crippen molar-refractivity contribution in [1.29, 1.82) is 0 Å². The number of nitrogens with zero attached hydrogens (tertiary/aromatic N) is 4. The SMILES string of the molecule is c1cnnc(N2CCCC(Nc3nc4ccccc4o3)C2)c1. The van der Waals surface area contributed by atoms with Gasteiger partial charge in [-0.25, -0.2) is 0 Å². The molecule has 1 fully saturated rings. The van der Waals surface area contributed by atoms with Gasteiger partial charge in [0.2, 0.25) is 0 Å². The van der Waals surface area contributed by atoms with Gasteiger partial charge < -0.3 is 14.6 Å². The number of hydrogen-bond acceptors (Lipinski definition) is 6. The molecule has 1 saturated heterocycles. The van der Waals surface area contributed by atoms with Gasteiger partial charge in [-0.05, 0) is 37.1 Å². The maximum atomic E-state index is 5.74. The zero-order valence-electron chi connectivity index (χ0n) is 12.1. The summed E-state index contributed by atoms with van der Waals surface area (Å²) in [5, 5.41) is 11.5. The van der Waals surface area contributed by atoms with Crippen LogP contribution in [0, 0.1) is 0 Å². The molecule has 0 aliphatic carbocycles. The Labute approximate surface area is 128 Å². The molecule has 6 nitrogen and oxygen atoms in total. The molecule has 0 bridgehead atoms. The van der Waals surface area contributed by atoms with E-state index in [2.05, 4.69) is 25.4 Å². The normalized spacial score (nSPS) is 18.5. The third-order valence-electron chi connectivity index (χ3n) is 3.93. The van der Waals surface area contributed by atoms with E-state index < -0.39 is 0 Å². The first-order valence-electron chi connectivity index (χ1n) is 7.53. The van der Waals surface area contributed by atoms with Crippen molar-refractivity contribution in [3.8, 4) is 0 Å². The number of para-hydroxylation sites is 2. The Hall–Kier alpha value is -2.63. The first kappa shape index (κ1) is 13.1. The molecule has 1 N–H and O–H groups in total. The van der Waals surface area contributed by atoms with Crippen molar-refractivity contribution >= 4 is 22.9 Å². The second kappa shape index (κ2) is 5.63. The minimum absolute atomic E-state index is 0.295. The Morgan fingerprint density at radius 3 is 3.00 bits per heavy atom. The number of oxazole rings is 1. The zero-order chi connectivity index (χ0) is 14.8. The number of aromatic nitrogens is 3. The summed E-state index contributed by atoms with van der Waals surface area (Å²) < 4.78 is 5.74. The minimum Gasteiger partial charge on any atom is -0.424 e. The fraction of sp³-hybridized carbons (Fsp3) is 0.312. The summed E-state index contributed by atoms with van der Waals surface area (Å²) in [5.74, 6) is 0.923. The van der Waals surface area contributed by atoms with Crippen LogP contribution in [0.2, 0.25) is 0 Å². The summed E-state index contributed by atoms with van der Waals surface area (Å²) in [5.41, 5.74) is 1.69. The molecule has 2 aromatic heterocycles. The predicted molar refractivity (Wildman–Crippen MR) is 84.9 cm³/mol. The number of anilines is 2. The van der Waals surface area contributed by atoms with Crippen molar-refractivity contribution in [1.82, 2.24) is 15.2 Å². The van der Waals surface area contributed by atoms with Gasteiger partial charge in [0, 0.05) is 25.3 Å². The molecule has 3 heterocycles. The molecule has 22 heavy (non-hydrogen) atoms. The summed E-state index contributed by atoms with van der Waals surface area (Å²) in [6.45, 7) is 1.88. The quantitative estimate of drug-likeness (QED) is 0.801. The summed E-state index contributed by atoms with van der Waals surface area (Å²) in [6, 6.07) is 12.6. The fourth-order valence-corrected chi connectivity index (χ4v) is 2.87. The van der Waals surface area contributed by atoms with Gasteiger partial charge in [0.15, 0.2) is 11.4 Å². The van der Waals surface area contributed by atoms with Crippen molar-refractivity contribution < 1.29 is 4.42 Å². The second-order valence-corrected chi connectivity index (χ2v) is 5.50. The highest BCUT2D eigenvalue weighted by molar-refractivity contribution is 5.74. The van der Waals surface area contributed by atoms with Crippen LogP contribution >= 0.6 is 0 Å². The molecule has 0 amide bonds. The van der Waals surface area contributed by atoms with E-state index in [0.717, 1.165) is 42.8 Å². The number of fused-ring (bicyclic) bond motifs is 1. The maximum absolute atomic E-state index is 5.74. The van der Waals surface area contributed by atoms with Gasteiger partial charge in [-0.2, -0.15) is 10.1 Å². The predicted octanol–water partition coefficient (Wildman–Crippen LogP) is 2.70. The zero-order valence-corrected chi connectivity index (χ0v) is 12.1. The van der Waals surface area contributed by atoms with Gasteiger partial charge in [-0.3, -0.25) is 0 Å². The molecule has 112 valence electrons. The Bertz CT molecular complexity index is 724. The molecule has 1 aliphatic heterocycles. The van der Waals surface area contributed by atoms with E-state index in [-0.39, 0.29) is 0 Å². The Kier molecular flexibility index (Phi) is 3.34. The largest absolute Gasteiger partial charge is 0.424 e. The van der Waals surface area contributed by atoms with Crippen LogP contribution in [0.5, 0.6) is 0 Å². The third-order valence-corrected chi connectivity index (χ3v) is 3.93. The van der Waals surface area contributed by atoms with E-state index in [1.54, 1.807) is 6.20 Å². The summed E-state index contributed by atoms with van der Waals surface area (Å²) in [7, 11) is 0. The Morgan fingerprint density at radius 1 is 1.18 bits per heavy atom. The van der Waals surface area contributed by atoms with Crippen LogP contribution in [0.25, 0.3) is 11.1 Å². The van der Waals surface area contributed by atoms with Gasteiger partial charge in [-0.1, -0.05) is 12.1 Å². The Morgan fingerprint density at radius 2 is 2.14 bits per heavy atom. The minimum atomic E-state index is 0.295. The highest BCUT2D eigenvalue weighted by atomic mass is 16.4. The number of piperidine rings is 1. The second-order valence-electron chi connectivity index (χ2n) is 5.50. The van der Waals surface area contributed by atoms with Gasteiger partial charge in [0.05, 0.1) is 0 Å². The molecular weight excluding hydrogens is 278 g/mol. The van der Waals surface area contributed by atoms with Gasteiger partial charge in [0.25, 0.3) is 6.01 Å². The van der Waals surface area contributed by atoms with Crippen LogP contribution in [-0.2, 0) is 0 Å². The van der Waals surface area contributed by atoms with E-state index in [0.29, 0.717) is 12.1 Å². The highest BCUT2D eigenvalue weighted by Gasteiger charge is 2.22. The first-order valence-corrected chi connectivity index (χ1v) is 7.53. The third kappa shape index (κ3) is 2.59. The van der Waals surface area contributed by atoms with Crippen LogP contribution < -0.4 is 10.2 Å². The topological polar surface area (TPSA) is 67.1 Å². The lowest BCUT2D eigenvalue weighted by Crippen LogP contribution is -2.42. The van der Waals surface area contributed by atoms with Crippen molar-refractivity contribution in [3.05, 3.63) is 42.6 Å². The lowest BCUT2D eigenvalue weighted by molar-refractivity contribution is 0.505. The summed E-state index contributed by atoms with van der Waals surface area (Å²) >= 11 is 0. The summed E-state index contributed by atoms with van der Waals surface area (Å²) in [4.78, 5) is 6.73. The number of rotatable bonds is 3. The molecule has 1 unspecified atom stereocenters. The van der Waals surface area contributed by atoms with Crippen LogP contribution in [0.1, 0.15) is 12.8 Å². The van der Waals surface area contributed by atoms with Crippen molar-refractivity contribution in [2.24, 2.45) is 0 Å². The molecule has 0 saturated carbocycles. The number of hydrogen-bond donors (Lipinski definition) is 1. The molecule has 1 aliphatic rings. The molecule has 6 heteroatoms. The van der Waals surface area contributed by atoms with Crippen molar-refractivity contribution in [2.45, 2.75) is 18.9 Å². The van der Waals surface area contributed by atoms with Gasteiger partial charge in [-0.15, -0.1) is 5.10 Å². The van der Waals surface area contributed by atoms with Gasteiger partial charge in [0.1, 0.15) is 5.52 Å². The molecule has 1 atom stereocenters. The number of benzene rings is 1. The smallest absolute Gasteiger partial charge is 0.295 e. The molecule has 4 rings (SSSR count). The summed E-state index contributed by atoms with van der Waals surface area (Å²) in [6.07, 6.45) is 3.89. The first-order chi connectivity index (χ1) is 10.9. The van der Waals surface area contributed by atoms with E-state index in [4.69, 9.17) is 4.42 Å². The lowest BCUT2D eigenvalue weighted by Gasteiger charge is -2.33. The van der Waals surface area contributed by atoms with Crippen LogP contribution in [-0.4, -0.2) is 34.3 Å². The molecular formula is C16H17N5O. The van der Waals surface area contributed by atoms with E-state index in [1.807, 2.05) is 36.4 Å². The van der Waals surface area contributed by atoms with E-state index >= 15 is 0 Å². The molecule has 0 spiro atoms. The fourth-order valence-electron chi connectivity index (χ4n) is 2.87. The van der Waals surface area contributed by atoms with Crippen LogP contribution in [0.3, 0.4) is 0 Å². The van der Waals surface area contributed by atoms with Crippen molar-refractivity contribution in [3.63, 3.8) is 0 Å². The average molecular weight is 295 g/mol. The molecule has 1 aromatic carbocycles. The number of nitrogens with one attached hydrogen (secondary N) is 1. The van der Waals surface area contributed by atoms with E-state index in [9.17, 15) is 0 Å². The van der Waals surface area contributed by atoms with E-state index in [1.165, 1.54) is 0 Å². The highest BCUT2D eigenvalue weighted by Crippen LogP contribution is 2.22. The van der Waals surface area contributed by atoms with Crippen LogP contribution in [0.15, 0.2) is 47.0 Å². The van der Waals surface area contributed by atoms with Crippen LogP contribution in [0.4, 0.5) is 11.8 Å². The standard InChI is InChI=1S/C16H17N5O/c1-2-7-14-13(6-1)19-16(22-14)18-12-5-4-10-21(11-12)15-8-3-9-17-20-15/h1-3,6-9,12H,4-5,10-11H2,(H,18,19). The Balaban J connectivity index is 1.48. The maximum Gasteiger partial charge on any atom is 0.295 e. The average Bonchev–Trinajstić information content (AvgIpc) is 2.98. The molecule has 3 aromatic rings. The molecule has 0 radical (unpaired) electrons. The monoisotopic (exact) mass is 295 g/mol. The lowest BCUT2D eigenvalue weighted by atomic mass is 10.1. The van der Waals surface area contributed by atoms with Gasteiger partial charge >= 0.3 is 0 Å².